The third-order valence-electron chi connectivity index (χ3n) is 3.81. The van der Waals surface area contributed by atoms with Crippen molar-refractivity contribution in [1.29, 1.82) is 0 Å². The number of hydrogen-bond donors (Lipinski definition) is 1. The van der Waals surface area contributed by atoms with E-state index in [0.29, 0.717) is 24.8 Å². The Kier molecular flexibility index (Phi) is 3.41. The lowest BCUT2D eigenvalue weighted by molar-refractivity contribution is 0.0547. The van der Waals surface area contributed by atoms with Crippen LogP contribution in [0.5, 0.6) is 5.88 Å². The summed E-state index contributed by atoms with van der Waals surface area (Å²) in [7, 11) is 0. The summed E-state index contributed by atoms with van der Waals surface area (Å²) in [5, 5.41) is 9.68. The smallest absolute Gasteiger partial charge is 0.213 e. The van der Waals surface area contributed by atoms with Gasteiger partial charge >= 0.3 is 0 Å². The lowest BCUT2D eigenvalue weighted by Gasteiger charge is -2.16. The van der Waals surface area contributed by atoms with Crippen LogP contribution in [0.25, 0.3) is 11.3 Å². The Morgan fingerprint density at radius 2 is 2.05 bits per heavy atom. The molecule has 1 aliphatic carbocycles. The van der Waals surface area contributed by atoms with Crippen molar-refractivity contribution in [2.24, 2.45) is 0 Å². The summed E-state index contributed by atoms with van der Waals surface area (Å²) in [4.78, 5) is 8.69. The summed E-state index contributed by atoms with van der Waals surface area (Å²) in [5.41, 5.74) is 3.95. The van der Waals surface area contributed by atoms with Crippen LogP contribution in [0.2, 0.25) is 0 Å². The van der Waals surface area contributed by atoms with Gasteiger partial charge in [0.15, 0.2) is 0 Å². The van der Waals surface area contributed by atoms with Crippen molar-refractivity contribution in [3.05, 3.63) is 41.7 Å². The Hall–Kier alpha value is -1.94. The number of fused-ring (bicyclic) bond motifs is 1. The molecule has 0 aromatic carbocycles. The van der Waals surface area contributed by atoms with E-state index in [0.717, 1.165) is 11.3 Å². The Morgan fingerprint density at radius 3 is 2.76 bits per heavy atom. The molecule has 0 saturated heterocycles. The third-order valence-corrected chi connectivity index (χ3v) is 3.81. The zero-order valence-corrected chi connectivity index (χ0v) is 12.6. The van der Waals surface area contributed by atoms with Crippen molar-refractivity contribution in [3.8, 4) is 17.1 Å². The van der Waals surface area contributed by atoms with Gasteiger partial charge in [-0.15, -0.1) is 0 Å². The maximum atomic E-state index is 9.68. The molecule has 110 valence electrons. The normalized spacial score (nSPS) is 16.5. The van der Waals surface area contributed by atoms with Crippen LogP contribution in [-0.2, 0) is 0 Å². The van der Waals surface area contributed by atoms with Gasteiger partial charge in [-0.1, -0.05) is 6.92 Å². The molecule has 1 N–H and O–H groups in total. The fourth-order valence-corrected chi connectivity index (χ4v) is 2.31. The first-order valence-corrected chi connectivity index (χ1v) is 7.25. The van der Waals surface area contributed by atoms with Crippen LogP contribution in [0.15, 0.2) is 30.6 Å². The SMILES string of the molecule is C[C@@H]1c2cnc(-c3ccnc(OCCC(C)(C)O)c3)cc21. The van der Waals surface area contributed by atoms with Gasteiger partial charge in [-0.2, -0.15) is 0 Å². The first kappa shape index (κ1) is 14.0. The summed E-state index contributed by atoms with van der Waals surface area (Å²) >= 11 is 0. The van der Waals surface area contributed by atoms with Gasteiger partial charge < -0.3 is 9.84 Å². The van der Waals surface area contributed by atoms with Gasteiger partial charge in [0.05, 0.1) is 17.9 Å². The molecule has 1 atom stereocenters. The molecule has 0 aliphatic heterocycles. The summed E-state index contributed by atoms with van der Waals surface area (Å²) in [6, 6.07) is 5.96. The minimum atomic E-state index is -0.723. The summed E-state index contributed by atoms with van der Waals surface area (Å²) in [6.07, 6.45) is 4.24. The molecular weight excluding hydrogens is 264 g/mol. The van der Waals surface area contributed by atoms with Crippen LogP contribution in [0.3, 0.4) is 0 Å². The maximum absolute atomic E-state index is 9.68. The van der Waals surface area contributed by atoms with Gasteiger partial charge in [0.1, 0.15) is 0 Å². The van der Waals surface area contributed by atoms with E-state index in [1.54, 1.807) is 20.0 Å². The number of rotatable bonds is 5. The minimum Gasteiger partial charge on any atom is -0.478 e. The van der Waals surface area contributed by atoms with Gasteiger partial charge in [-0.3, -0.25) is 4.98 Å². The number of hydrogen-bond acceptors (Lipinski definition) is 4. The van der Waals surface area contributed by atoms with E-state index >= 15 is 0 Å². The Balaban J connectivity index is 1.71. The number of aromatic nitrogens is 2. The van der Waals surface area contributed by atoms with Gasteiger partial charge in [-0.05, 0) is 37.1 Å². The fourth-order valence-electron chi connectivity index (χ4n) is 2.31. The molecule has 0 fully saturated rings. The van der Waals surface area contributed by atoms with Crippen LogP contribution in [0, 0.1) is 0 Å². The van der Waals surface area contributed by atoms with E-state index < -0.39 is 5.60 Å². The van der Waals surface area contributed by atoms with Gasteiger partial charge in [0, 0.05) is 36.4 Å². The number of ether oxygens (including phenoxy) is 1. The van der Waals surface area contributed by atoms with E-state index in [1.807, 2.05) is 18.3 Å². The molecule has 1 aliphatic rings. The predicted molar refractivity (Wildman–Crippen MR) is 81.4 cm³/mol. The minimum absolute atomic E-state index is 0.439. The van der Waals surface area contributed by atoms with Gasteiger partial charge in [-0.25, -0.2) is 4.98 Å². The average molecular weight is 284 g/mol. The number of aliphatic hydroxyl groups is 1. The molecule has 4 nitrogen and oxygen atoms in total. The highest BCUT2D eigenvalue weighted by atomic mass is 16.5. The van der Waals surface area contributed by atoms with Gasteiger partial charge in [0.2, 0.25) is 5.88 Å². The van der Waals surface area contributed by atoms with Crippen molar-refractivity contribution >= 4 is 0 Å². The summed E-state index contributed by atoms with van der Waals surface area (Å²) < 4.78 is 5.61. The van der Waals surface area contributed by atoms with Crippen molar-refractivity contribution in [2.75, 3.05) is 6.61 Å². The molecule has 0 spiro atoms. The second kappa shape index (κ2) is 5.11. The quantitative estimate of drug-likeness (QED) is 0.916. The highest BCUT2D eigenvalue weighted by Crippen LogP contribution is 2.43. The molecule has 0 unspecified atom stereocenters. The molecule has 2 aromatic heterocycles. The second-order valence-electron chi connectivity index (χ2n) is 6.21. The maximum Gasteiger partial charge on any atom is 0.213 e. The van der Waals surface area contributed by atoms with Crippen molar-refractivity contribution in [2.45, 2.75) is 38.7 Å². The van der Waals surface area contributed by atoms with Crippen LogP contribution < -0.4 is 4.74 Å². The molecule has 21 heavy (non-hydrogen) atoms. The summed E-state index contributed by atoms with van der Waals surface area (Å²) in [6.45, 7) is 6.16. The monoisotopic (exact) mass is 284 g/mol. The number of pyridine rings is 2. The lowest BCUT2D eigenvalue weighted by Crippen LogP contribution is -2.21. The first-order chi connectivity index (χ1) is 9.94. The Bertz CT molecular complexity index is 662. The van der Waals surface area contributed by atoms with E-state index in [4.69, 9.17) is 4.74 Å². The summed E-state index contributed by atoms with van der Waals surface area (Å²) in [5.74, 6) is 1.12. The van der Waals surface area contributed by atoms with E-state index in [2.05, 4.69) is 23.0 Å². The Morgan fingerprint density at radius 1 is 1.24 bits per heavy atom. The molecule has 0 radical (unpaired) electrons. The fraction of sp³-hybridized carbons (Fsp3) is 0.412. The standard InChI is InChI=1S/C17H20N2O2/c1-11-13-9-15(19-10-14(11)13)12-4-6-18-16(8-12)21-7-5-17(2,3)20/h4,6,8-11,20H,5,7H2,1-3H3/t11-/m0/s1. The highest BCUT2D eigenvalue weighted by Gasteiger charge is 2.28. The second-order valence-corrected chi connectivity index (χ2v) is 6.21. The van der Waals surface area contributed by atoms with Crippen LogP contribution in [-0.4, -0.2) is 27.3 Å². The Labute approximate surface area is 124 Å². The zero-order chi connectivity index (χ0) is 15.0. The molecule has 2 heterocycles. The molecule has 3 rings (SSSR count). The van der Waals surface area contributed by atoms with Crippen LogP contribution in [0.4, 0.5) is 0 Å². The molecular formula is C17H20N2O2. The zero-order valence-electron chi connectivity index (χ0n) is 12.6. The molecule has 4 heteroatoms. The predicted octanol–water partition coefficient (Wildman–Crippen LogP) is 3.15. The molecule has 0 bridgehead atoms. The van der Waals surface area contributed by atoms with Crippen LogP contribution >= 0.6 is 0 Å². The average Bonchev–Trinajstić information content (AvgIpc) is 3.08. The van der Waals surface area contributed by atoms with E-state index in [9.17, 15) is 5.11 Å². The first-order valence-electron chi connectivity index (χ1n) is 7.25. The topological polar surface area (TPSA) is 55.2 Å². The third kappa shape index (κ3) is 3.22. The lowest BCUT2D eigenvalue weighted by atomic mass is 10.1. The molecule has 0 amide bonds. The van der Waals surface area contributed by atoms with Crippen molar-refractivity contribution in [3.63, 3.8) is 0 Å². The van der Waals surface area contributed by atoms with E-state index in [-0.39, 0.29) is 0 Å². The van der Waals surface area contributed by atoms with Gasteiger partial charge in [0.25, 0.3) is 0 Å². The number of nitrogens with zero attached hydrogens (tertiary/aromatic N) is 2. The highest BCUT2D eigenvalue weighted by molar-refractivity contribution is 5.65. The largest absolute Gasteiger partial charge is 0.478 e. The van der Waals surface area contributed by atoms with Crippen molar-refractivity contribution in [1.82, 2.24) is 9.97 Å². The van der Waals surface area contributed by atoms with E-state index in [1.165, 1.54) is 11.1 Å². The molecule has 2 aromatic rings. The van der Waals surface area contributed by atoms with Crippen molar-refractivity contribution < 1.29 is 9.84 Å². The molecule has 0 saturated carbocycles. The van der Waals surface area contributed by atoms with Crippen LogP contribution in [0.1, 0.15) is 44.2 Å².